The first-order valence-electron chi connectivity index (χ1n) is 8.50. The zero-order valence-corrected chi connectivity index (χ0v) is 15.2. The number of hydrogen-bond acceptors (Lipinski definition) is 3. The summed E-state index contributed by atoms with van der Waals surface area (Å²) < 4.78 is 110. The van der Waals surface area contributed by atoms with Crippen molar-refractivity contribution in [3.63, 3.8) is 0 Å². The van der Waals surface area contributed by atoms with Crippen molar-refractivity contribution in [3.05, 3.63) is 70.3 Å². The largest absolute Gasteiger partial charge is 0.416 e. The van der Waals surface area contributed by atoms with Crippen molar-refractivity contribution in [1.82, 2.24) is 0 Å². The predicted molar refractivity (Wildman–Crippen MR) is 90.0 cm³/mol. The lowest BCUT2D eigenvalue weighted by molar-refractivity contribution is -0.143. The Kier molecular flexibility index (Phi) is 7.10. The van der Waals surface area contributed by atoms with Crippen LogP contribution in [0.3, 0.4) is 0 Å². The van der Waals surface area contributed by atoms with E-state index in [1.165, 1.54) is 0 Å². The van der Waals surface area contributed by atoms with Gasteiger partial charge in [0.15, 0.2) is 0 Å². The molecule has 3 nitrogen and oxygen atoms in total. The molecule has 0 spiro atoms. The molecule has 1 atom stereocenters. The zero-order valence-electron chi connectivity index (χ0n) is 15.2. The second-order valence-corrected chi connectivity index (χ2v) is 6.64. The first-order chi connectivity index (χ1) is 13.7. The lowest BCUT2D eigenvalue weighted by Gasteiger charge is -2.28. The molecule has 3 N–H and O–H groups in total. The maximum absolute atomic E-state index is 13.5. The summed E-state index contributed by atoms with van der Waals surface area (Å²) in [6, 6.07) is 3.17. The van der Waals surface area contributed by atoms with Crippen LogP contribution in [0.4, 0.5) is 35.1 Å². The summed E-state index contributed by atoms with van der Waals surface area (Å²) in [4.78, 5) is 0. The third-order valence-corrected chi connectivity index (χ3v) is 4.21. The van der Waals surface area contributed by atoms with E-state index in [1.54, 1.807) is 0 Å². The number of ether oxygens (including phenoxy) is 1. The molecule has 166 valence electrons. The fourth-order valence-corrected chi connectivity index (χ4v) is 2.80. The third kappa shape index (κ3) is 6.13. The quantitative estimate of drug-likeness (QED) is 0.607. The van der Waals surface area contributed by atoms with Crippen molar-refractivity contribution in [2.24, 2.45) is 5.73 Å². The minimum atomic E-state index is -5.02. The molecule has 0 saturated heterocycles. The van der Waals surface area contributed by atoms with Gasteiger partial charge in [-0.3, -0.25) is 0 Å². The Labute approximate surface area is 166 Å². The van der Waals surface area contributed by atoms with Crippen molar-refractivity contribution in [1.29, 1.82) is 0 Å². The summed E-state index contributed by atoms with van der Waals surface area (Å²) in [5, 5.41) is 10.7. The van der Waals surface area contributed by atoms with Gasteiger partial charge in [0, 0.05) is 6.07 Å². The molecule has 2 aromatic rings. The fraction of sp³-hybridized carbons (Fsp3) is 0.368. The highest BCUT2D eigenvalue weighted by Gasteiger charge is 2.37. The Hall–Kier alpha value is -2.24. The van der Waals surface area contributed by atoms with E-state index in [0.29, 0.717) is 18.2 Å². The predicted octanol–water partition coefficient (Wildman–Crippen LogP) is 4.76. The van der Waals surface area contributed by atoms with E-state index in [9.17, 15) is 40.2 Å². The Bertz CT molecular complexity index is 829. The molecule has 0 aliphatic heterocycles. The topological polar surface area (TPSA) is 55.5 Å². The third-order valence-electron chi connectivity index (χ3n) is 4.21. The molecule has 0 aliphatic carbocycles. The van der Waals surface area contributed by atoms with Gasteiger partial charge in [-0.2, -0.15) is 26.3 Å². The van der Waals surface area contributed by atoms with Gasteiger partial charge in [0.1, 0.15) is 17.2 Å². The highest BCUT2D eigenvalue weighted by molar-refractivity contribution is 5.33. The standard InChI is InChI=1S/C19H17F8NO2/c20-15-6-12(7-16(21)8-15)17(29,1-2-28)10-30-9-11-3-13(18(22,23)24)5-14(4-11)19(25,26)27/h3-8,29H,1-2,9-10,28H2. The van der Waals surface area contributed by atoms with Crippen LogP contribution in [0.2, 0.25) is 0 Å². The molecule has 0 radical (unpaired) electrons. The van der Waals surface area contributed by atoms with Crippen LogP contribution in [-0.2, 0) is 29.3 Å². The Morgan fingerprint density at radius 1 is 0.767 bits per heavy atom. The van der Waals surface area contributed by atoms with E-state index < -0.39 is 59.5 Å². The molecule has 1 unspecified atom stereocenters. The van der Waals surface area contributed by atoms with Gasteiger partial charge in [0.25, 0.3) is 0 Å². The van der Waals surface area contributed by atoms with Crippen molar-refractivity contribution in [3.8, 4) is 0 Å². The molecule has 11 heteroatoms. The van der Waals surface area contributed by atoms with E-state index in [0.717, 1.165) is 12.1 Å². The van der Waals surface area contributed by atoms with Crippen molar-refractivity contribution >= 4 is 0 Å². The van der Waals surface area contributed by atoms with Crippen LogP contribution in [0.15, 0.2) is 36.4 Å². The van der Waals surface area contributed by atoms with Crippen LogP contribution in [0.25, 0.3) is 0 Å². The summed E-state index contributed by atoms with van der Waals surface area (Å²) in [7, 11) is 0. The number of benzene rings is 2. The van der Waals surface area contributed by atoms with Gasteiger partial charge in [0.05, 0.1) is 24.3 Å². The summed E-state index contributed by atoms with van der Waals surface area (Å²) >= 11 is 0. The van der Waals surface area contributed by atoms with Gasteiger partial charge in [-0.25, -0.2) is 8.78 Å². The lowest BCUT2D eigenvalue weighted by atomic mass is 9.91. The highest BCUT2D eigenvalue weighted by atomic mass is 19.4. The minimum Gasteiger partial charge on any atom is -0.383 e. The Morgan fingerprint density at radius 2 is 1.27 bits per heavy atom. The Balaban J connectivity index is 2.26. The second kappa shape index (κ2) is 8.86. The maximum atomic E-state index is 13.5. The first kappa shape index (κ1) is 24.0. The monoisotopic (exact) mass is 443 g/mol. The van der Waals surface area contributed by atoms with Gasteiger partial charge >= 0.3 is 12.4 Å². The molecule has 0 amide bonds. The van der Waals surface area contributed by atoms with Gasteiger partial charge in [-0.05, 0) is 54.4 Å². The molecule has 0 heterocycles. The normalized spacial score (nSPS) is 14.6. The number of halogens is 8. The number of alkyl halides is 6. The molecule has 30 heavy (non-hydrogen) atoms. The van der Waals surface area contributed by atoms with Crippen LogP contribution in [0.5, 0.6) is 0 Å². The number of nitrogens with two attached hydrogens (primary N) is 1. The van der Waals surface area contributed by atoms with Crippen molar-refractivity contribution < 1.29 is 45.0 Å². The van der Waals surface area contributed by atoms with Crippen LogP contribution in [0, 0.1) is 11.6 Å². The number of aliphatic hydroxyl groups is 1. The highest BCUT2D eigenvalue weighted by Crippen LogP contribution is 2.36. The van der Waals surface area contributed by atoms with Crippen molar-refractivity contribution in [2.45, 2.75) is 31.0 Å². The Morgan fingerprint density at radius 3 is 1.70 bits per heavy atom. The van der Waals surface area contributed by atoms with E-state index >= 15 is 0 Å². The smallest absolute Gasteiger partial charge is 0.383 e. The van der Waals surface area contributed by atoms with Crippen LogP contribution in [0.1, 0.15) is 28.7 Å². The van der Waals surface area contributed by atoms with Crippen LogP contribution >= 0.6 is 0 Å². The molecule has 2 aromatic carbocycles. The van der Waals surface area contributed by atoms with Gasteiger partial charge in [0.2, 0.25) is 0 Å². The molecular formula is C19H17F8NO2. The summed E-state index contributed by atoms with van der Waals surface area (Å²) in [5.74, 6) is -1.98. The molecule has 0 aliphatic rings. The summed E-state index contributed by atoms with van der Waals surface area (Å²) in [5.41, 5.74) is -0.319. The lowest BCUT2D eigenvalue weighted by Crippen LogP contribution is -2.34. The van der Waals surface area contributed by atoms with Gasteiger partial charge in [-0.1, -0.05) is 0 Å². The van der Waals surface area contributed by atoms with Gasteiger partial charge < -0.3 is 15.6 Å². The van der Waals surface area contributed by atoms with Crippen molar-refractivity contribution in [2.75, 3.05) is 13.2 Å². The van der Waals surface area contributed by atoms with E-state index in [-0.39, 0.29) is 24.6 Å². The average molecular weight is 443 g/mol. The van der Waals surface area contributed by atoms with E-state index in [4.69, 9.17) is 10.5 Å². The van der Waals surface area contributed by atoms with Crippen LogP contribution in [-0.4, -0.2) is 18.3 Å². The molecular weight excluding hydrogens is 426 g/mol. The van der Waals surface area contributed by atoms with E-state index in [2.05, 4.69) is 0 Å². The molecule has 0 saturated carbocycles. The summed E-state index contributed by atoms with van der Waals surface area (Å²) in [6.07, 6.45) is -10.3. The molecule has 0 aromatic heterocycles. The number of rotatable bonds is 7. The van der Waals surface area contributed by atoms with E-state index in [1.807, 2.05) is 0 Å². The zero-order chi connectivity index (χ0) is 22.7. The number of hydrogen-bond donors (Lipinski definition) is 2. The maximum Gasteiger partial charge on any atom is 0.416 e. The first-order valence-corrected chi connectivity index (χ1v) is 8.50. The minimum absolute atomic E-state index is 0.0240. The SMILES string of the molecule is NCCC(O)(COCc1cc(C(F)(F)F)cc(C(F)(F)F)c1)c1cc(F)cc(F)c1. The van der Waals surface area contributed by atoms with Crippen LogP contribution < -0.4 is 5.73 Å². The molecule has 0 fully saturated rings. The molecule has 0 bridgehead atoms. The molecule has 2 rings (SSSR count). The van der Waals surface area contributed by atoms with Gasteiger partial charge in [-0.15, -0.1) is 0 Å². The average Bonchev–Trinajstić information content (AvgIpc) is 2.59. The second-order valence-electron chi connectivity index (χ2n) is 6.64. The summed E-state index contributed by atoms with van der Waals surface area (Å²) in [6.45, 7) is -1.54. The fourth-order valence-electron chi connectivity index (χ4n) is 2.80.